The fourth-order valence-electron chi connectivity index (χ4n) is 1.07. The first kappa shape index (κ1) is 8.00. The SMILES string of the molecule is N/C(=N/O)c1ccc2scnc2c1. The first-order valence-corrected chi connectivity index (χ1v) is 4.50. The van der Waals surface area contributed by atoms with Gasteiger partial charge in [-0.15, -0.1) is 11.3 Å². The zero-order chi connectivity index (χ0) is 9.26. The van der Waals surface area contributed by atoms with E-state index < -0.39 is 0 Å². The van der Waals surface area contributed by atoms with E-state index in [0.29, 0.717) is 5.56 Å². The lowest BCUT2D eigenvalue weighted by molar-refractivity contribution is 0.318. The van der Waals surface area contributed by atoms with Crippen LogP contribution in [0.3, 0.4) is 0 Å². The van der Waals surface area contributed by atoms with Gasteiger partial charge in [0.2, 0.25) is 0 Å². The molecule has 3 N–H and O–H groups in total. The van der Waals surface area contributed by atoms with Crippen LogP contribution >= 0.6 is 11.3 Å². The first-order valence-electron chi connectivity index (χ1n) is 3.62. The molecule has 1 heterocycles. The normalized spacial score (nSPS) is 12.2. The molecule has 0 amide bonds. The standard InChI is InChI=1S/C8H7N3OS/c9-8(11-12)5-1-2-7-6(3-5)10-4-13-7/h1-4,12H,(H2,9,11). The summed E-state index contributed by atoms with van der Waals surface area (Å²) in [5.74, 6) is 0.106. The Bertz CT molecular complexity index is 463. The van der Waals surface area contributed by atoms with Crippen LogP contribution < -0.4 is 5.73 Å². The number of fused-ring (bicyclic) bond motifs is 1. The number of oxime groups is 1. The molecule has 2 aromatic rings. The van der Waals surface area contributed by atoms with Gasteiger partial charge in [-0.1, -0.05) is 5.16 Å². The minimum atomic E-state index is 0.106. The van der Waals surface area contributed by atoms with Crippen LogP contribution in [-0.4, -0.2) is 16.0 Å². The van der Waals surface area contributed by atoms with Crippen molar-refractivity contribution in [3.8, 4) is 0 Å². The van der Waals surface area contributed by atoms with Crippen LogP contribution in [0.4, 0.5) is 0 Å². The molecule has 0 atom stereocenters. The average Bonchev–Trinajstić information content (AvgIpc) is 2.63. The van der Waals surface area contributed by atoms with Gasteiger partial charge < -0.3 is 10.9 Å². The van der Waals surface area contributed by atoms with Crippen LogP contribution in [0, 0.1) is 0 Å². The van der Waals surface area contributed by atoms with E-state index in [1.54, 1.807) is 29.0 Å². The monoisotopic (exact) mass is 193 g/mol. The van der Waals surface area contributed by atoms with E-state index in [4.69, 9.17) is 10.9 Å². The summed E-state index contributed by atoms with van der Waals surface area (Å²) < 4.78 is 1.09. The van der Waals surface area contributed by atoms with E-state index in [1.807, 2.05) is 6.07 Å². The molecule has 0 radical (unpaired) electrons. The third-order valence-corrected chi connectivity index (χ3v) is 2.54. The van der Waals surface area contributed by atoms with E-state index in [1.165, 1.54) is 0 Å². The van der Waals surface area contributed by atoms with Gasteiger partial charge in [0.25, 0.3) is 0 Å². The molecule has 0 saturated heterocycles. The molecule has 0 spiro atoms. The van der Waals surface area contributed by atoms with Crippen LogP contribution in [-0.2, 0) is 0 Å². The fourth-order valence-corrected chi connectivity index (χ4v) is 1.73. The van der Waals surface area contributed by atoms with Crippen molar-refractivity contribution in [3.05, 3.63) is 29.3 Å². The molecule has 0 aliphatic carbocycles. The van der Waals surface area contributed by atoms with Gasteiger partial charge in [-0.25, -0.2) is 4.98 Å². The zero-order valence-corrected chi connectivity index (χ0v) is 7.45. The Morgan fingerprint density at radius 1 is 1.54 bits per heavy atom. The van der Waals surface area contributed by atoms with Gasteiger partial charge in [0.1, 0.15) is 0 Å². The van der Waals surface area contributed by atoms with Crippen molar-refractivity contribution in [2.24, 2.45) is 10.9 Å². The Labute approximate surface area is 78.3 Å². The number of rotatable bonds is 1. The highest BCUT2D eigenvalue weighted by atomic mass is 32.1. The second-order valence-electron chi connectivity index (χ2n) is 2.52. The van der Waals surface area contributed by atoms with E-state index in [2.05, 4.69) is 10.1 Å². The predicted octanol–water partition coefficient (Wildman–Crippen LogP) is 1.39. The van der Waals surface area contributed by atoms with E-state index >= 15 is 0 Å². The summed E-state index contributed by atoms with van der Waals surface area (Å²) in [5, 5.41) is 11.4. The lowest BCUT2D eigenvalue weighted by Crippen LogP contribution is -2.12. The van der Waals surface area contributed by atoms with Crippen molar-refractivity contribution in [2.75, 3.05) is 0 Å². The highest BCUT2D eigenvalue weighted by Crippen LogP contribution is 2.18. The summed E-state index contributed by atoms with van der Waals surface area (Å²) in [6, 6.07) is 5.50. The molecule has 0 aliphatic heterocycles. The third kappa shape index (κ3) is 1.33. The van der Waals surface area contributed by atoms with Gasteiger partial charge in [-0.05, 0) is 18.2 Å². The lowest BCUT2D eigenvalue weighted by Gasteiger charge is -1.96. The summed E-state index contributed by atoms with van der Waals surface area (Å²) >= 11 is 1.56. The van der Waals surface area contributed by atoms with Crippen molar-refractivity contribution in [2.45, 2.75) is 0 Å². The Morgan fingerprint density at radius 2 is 2.38 bits per heavy atom. The molecular formula is C8H7N3OS. The molecule has 0 fully saturated rings. The number of hydrogen-bond acceptors (Lipinski definition) is 4. The van der Waals surface area contributed by atoms with Crippen molar-refractivity contribution in [1.29, 1.82) is 0 Å². The summed E-state index contributed by atoms with van der Waals surface area (Å²) in [7, 11) is 0. The Hall–Kier alpha value is -1.62. The number of amidine groups is 1. The lowest BCUT2D eigenvalue weighted by atomic mass is 10.2. The Morgan fingerprint density at radius 3 is 3.15 bits per heavy atom. The number of hydrogen-bond donors (Lipinski definition) is 2. The molecule has 13 heavy (non-hydrogen) atoms. The zero-order valence-electron chi connectivity index (χ0n) is 6.64. The van der Waals surface area contributed by atoms with Gasteiger partial charge in [0, 0.05) is 5.56 Å². The molecule has 0 saturated carbocycles. The van der Waals surface area contributed by atoms with Gasteiger partial charge in [0.15, 0.2) is 5.84 Å². The van der Waals surface area contributed by atoms with Crippen LogP contribution in [0.25, 0.3) is 10.2 Å². The maximum Gasteiger partial charge on any atom is 0.170 e. The molecule has 4 nitrogen and oxygen atoms in total. The molecular weight excluding hydrogens is 186 g/mol. The molecule has 0 bridgehead atoms. The van der Waals surface area contributed by atoms with E-state index in [-0.39, 0.29) is 5.84 Å². The second kappa shape index (κ2) is 3.02. The van der Waals surface area contributed by atoms with Crippen LogP contribution in [0.15, 0.2) is 28.9 Å². The Balaban J connectivity index is 2.60. The molecule has 0 unspecified atom stereocenters. The molecule has 1 aromatic carbocycles. The predicted molar refractivity (Wildman–Crippen MR) is 52.1 cm³/mol. The molecule has 66 valence electrons. The van der Waals surface area contributed by atoms with Crippen LogP contribution in [0.5, 0.6) is 0 Å². The number of thiazole rings is 1. The largest absolute Gasteiger partial charge is 0.409 e. The first-order chi connectivity index (χ1) is 6.31. The average molecular weight is 193 g/mol. The summed E-state index contributed by atoms with van der Waals surface area (Å²) in [6.07, 6.45) is 0. The minimum absolute atomic E-state index is 0.106. The number of nitrogens with zero attached hydrogens (tertiary/aromatic N) is 2. The molecule has 1 aromatic heterocycles. The van der Waals surface area contributed by atoms with Gasteiger partial charge >= 0.3 is 0 Å². The van der Waals surface area contributed by atoms with E-state index in [9.17, 15) is 0 Å². The maximum absolute atomic E-state index is 8.46. The maximum atomic E-state index is 8.46. The molecule has 2 rings (SSSR count). The van der Waals surface area contributed by atoms with Crippen LogP contribution in [0.1, 0.15) is 5.56 Å². The Kier molecular flexibility index (Phi) is 1.86. The smallest absolute Gasteiger partial charge is 0.170 e. The molecule has 5 heteroatoms. The van der Waals surface area contributed by atoms with Crippen molar-refractivity contribution >= 4 is 27.4 Å². The summed E-state index contributed by atoms with van der Waals surface area (Å²) in [5.41, 5.74) is 8.75. The second-order valence-corrected chi connectivity index (χ2v) is 3.41. The number of benzene rings is 1. The fraction of sp³-hybridized carbons (Fsp3) is 0. The quantitative estimate of drug-likeness (QED) is 0.311. The highest BCUT2D eigenvalue weighted by molar-refractivity contribution is 7.16. The van der Waals surface area contributed by atoms with Crippen LogP contribution in [0.2, 0.25) is 0 Å². The molecule has 0 aliphatic rings. The number of nitrogens with two attached hydrogens (primary N) is 1. The van der Waals surface area contributed by atoms with Gasteiger partial charge in [-0.2, -0.15) is 0 Å². The van der Waals surface area contributed by atoms with Crippen molar-refractivity contribution in [3.63, 3.8) is 0 Å². The van der Waals surface area contributed by atoms with Crippen molar-refractivity contribution < 1.29 is 5.21 Å². The van der Waals surface area contributed by atoms with Crippen molar-refractivity contribution in [1.82, 2.24) is 4.98 Å². The van der Waals surface area contributed by atoms with E-state index in [0.717, 1.165) is 10.2 Å². The van der Waals surface area contributed by atoms with Gasteiger partial charge in [-0.3, -0.25) is 0 Å². The minimum Gasteiger partial charge on any atom is -0.409 e. The van der Waals surface area contributed by atoms with Gasteiger partial charge in [0.05, 0.1) is 15.7 Å². The number of aromatic nitrogens is 1. The summed E-state index contributed by atoms with van der Waals surface area (Å²) in [4.78, 5) is 4.12. The third-order valence-electron chi connectivity index (χ3n) is 1.73. The summed E-state index contributed by atoms with van der Waals surface area (Å²) in [6.45, 7) is 0. The highest BCUT2D eigenvalue weighted by Gasteiger charge is 2.01. The topological polar surface area (TPSA) is 71.5 Å².